The van der Waals surface area contributed by atoms with Gasteiger partial charge in [-0.1, -0.05) is 13.3 Å². The molecule has 4 atom stereocenters. The van der Waals surface area contributed by atoms with Crippen molar-refractivity contribution in [1.82, 2.24) is 5.32 Å². The lowest BCUT2D eigenvalue weighted by Crippen LogP contribution is -2.51. The van der Waals surface area contributed by atoms with Gasteiger partial charge in [-0.3, -0.25) is 4.79 Å². The van der Waals surface area contributed by atoms with Gasteiger partial charge in [-0.15, -0.1) is 0 Å². The van der Waals surface area contributed by atoms with Crippen molar-refractivity contribution in [2.75, 3.05) is 12.3 Å². The highest BCUT2D eigenvalue weighted by Gasteiger charge is 2.38. The van der Waals surface area contributed by atoms with Gasteiger partial charge in [0, 0.05) is 5.25 Å². The van der Waals surface area contributed by atoms with Gasteiger partial charge in [-0.05, 0) is 56.7 Å². The lowest BCUT2D eigenvalue weighted by Gasteiger charge is -2.43. The molecule has 0 aromatic rings. The van der Waals surface area contributed by atoms with Crippen LogP contribution in [0.4, 0.5) is 0 Å². The van der Waals surface area contributed by atoms with E-state index in [1.807, 2.05) is 0 Å². The standard InChI is InChI=1S/C14H25NOS/c1-3-7-17-14-6-4-5-11-9-15-13(10(2)16)8-12(11)14/h11-15H,3-9H2,1-2H3/t11-,12+,13+,14-/m1/s1. The van der Waals surface area contributed by atoms with E-state index >= 15 is 0 Å². The summed E-state index contributed by atoms with van der Waals surface area (Å²) in [7, 11) is 0. The molecular formula is C14H25NOS. The van der Waals surface area contributed by atoms with Gasteiger partial charge in [0.1, 0.15) is 5.78 Å². The van der Waals surface area contributed by atoms with Gasteiger partial charge in [-0.2, -0.15) is 11.8 Å². The zero-order valence-electron chi connectivity index (χ0n) is 11.1. The summed E-state index contributed by atoms with van der Waals surface area (Å²) in [5.41, 5.74) is 0. The number of piperidine rings is 1. The summed E-state index contributed by atoms with van der Waals surface area (Å²) < 4.78 is 0. The molecule has 1 aliphatic heterocycles. The third-order valence-electron chi connectivity index (χ3n) is 4.31. The largest absolute Gasteiger partial charge is 0.307 e. The molecule has 1 heterocycles. The smallest absolute Gasteiger partial charge is 0.146 e. The number of hydrogen-bond donors (Lipinski definition) is 1. The van der Waals surface area contributed by atoms with E-state index in [0.717, 1.165) is 30.1 Å². The molecule has 0 unspecified atom stereocenters. The fourth-order valence-electron chi connectivity index (χ4n) is 3.35. The Balaban J connectivity index is 1.96. The molecule has 1 aliphatic carbocycles. The van der Waals surface area contributed by atoms with Crippen LogP contribution < -0.4 is 5.32 Å². The average Bonchev–Trinajstić information content (AvgIpc) is 2.35. The number of carbonyl (C=O) groups excluding carboxylic acids is 1. The van der Waals surface area contributed by atoms with Crippen molar-refractivity contribution < 1.29 is 4.79 Å². The maximum absolute atomic E-state index is 11.5. The van der Waals surface area contributed by atoms with Gasteiger partial charge in [0.05, 0.1) is 6.04 Å². The maximum atomic E-state index is 11.5. The Kier molecular flexibility index (Phi) is 4.92. The average molecular weight is 255 g/mol. The van der Waals surface area contributed by atoms with Gasteiger partial charge in [0.2, 0.25) is 0 Å². The molecule has 0 aromatic carbocycles. The van der Waals surface area contributed by atoms with Crippen LogP contribution in [0.25, 0.3) is 0 Å². The summed E-state index contributed by atoms with van der Waals surface area (Å²) in [5, 5.41) is 4.25. The number of Topliss-reactive ketones (excluding diaryl/α,β-unsaturated/α-hetero) is 1. The zero-order chi connectivity index (χ0) is 12.3. The van der Waals surface area contributed by atoms with E-state index in [-0.39, 0.29) is 6.04 Å². The number of nitrogens with one attached hydrogen (secondary N) is 1. The van der Waals surface area contributed by atoms with Crippen molar-refractivity contribution in [1.29, 1.82) is 0 Å². The molecule has 0 radical (unpaired) electrons. The zero-order valence-corrected chi connectivity index (χ0v) is 11.9. The lowest BCUT2D eigenvalue weighted by molar-refractivity contribution is -0.120. The van der Waals surface area contributed by atoms with Crippen LogP contribution in [0.5, 0.6) is 0 Å². The Morgan fingerprint density at radius 2 is 2.24 bits per heavy atom. The second-order valence-corrected chi connectivity index (χ2v) is 6.92. The third kappa shape index (κ3) is 3.25. The molecular weight excluding hydrogens is 230 g/mol. The van der Waals surface area contributed by atoms with E-state index in [2.05, 4.69) is 24.0 Å². The van der Waals surface area contributed by atoms with Crippen LogP contribution >= 0.6 is 11.8 Å². The van der Waals surface area contributed by atoms with Crippen molar-refractivity contribution in [3.8, 4) is 0 Å². The molecule has 3 heteroatoms. The number of thioether (sulfide) groups is 1. The monoisotopic (exact) mass is 255 g/mol. The first-order valence-electron chi connectivity index (χ1n) is 7.07. The van der Waals surface area contributed by atoms with E-state index in [1.54, 1.807) is 6.92 Å². The first-order chi connectivity index (χ1) is 8.22. The number of hydrogen-bond acceptors (Lipinski definition) is 3. The fraction of sp³-hybridized carbons (Fsp3) is 0.929. The Bertz CT molecular complexity index is 269. The number of fused-ring (bicyclic) bond motifs is 1. The molecule has 0 spiro atoms. The molecule has 2 rings (SSSR count). The summed E-state index contributed by atoms with van der Waals surface area (Å²) in [6, 6.07) is 0.138. The van der Waals surface area contributed by atoms with Crippen molar-refractivity contribution >= 4 is 17.5 Å². The SMILES string of the molecule is CCCS[C@@H]1CCC[C@@H]2CN[C@H](C(C)=O)C[C@@H]21. The second-order valence-electron chi connectivity index (χ2n) is 5.57. The first-order valence-corrected chi connectivity index (χ1v) is 8.12. The summed E-state index contributed by atoms with van der Waals surface area (Å²) >= 11 is 2.16. The Hall–Kier alpha value is -0.0200. The molecule has 2 fully saturated rings. The third-order valence-corrected chi connectivity index (χ3v) is 5.97. The highest BCUT2D eigenvalue weighted by atomic mass is 32.2. The molecule has 98 valence electrons. The van der Waals surface area contributed by atoms with Crippen LogP contribution in [0.1, 0.15) is 46.0 Å². The van der Waals surface area contributed by atoms with Gasteiger partial charge >= 0.3 is 0 Å². The van der Waals surface area contributed by atoms with E-state index in [1.165, 1.54) is 31.4 Å². The summed E-state index contributed by atoms with van der Waals surface area (Å²) in [6.45, 7) is 5.06. The van der Waals surface area contributed by atoms with E-state index < -0.39 is 0 Å². The lowest BCUT2D eigenvalue weighted by atomic mass is 9.73. The highest BCUT2D eigenvalue weighted by molar-refractivity contribution is 7.99. The molecule has 2 aliphatic rings. The maximum Gasteiger partial charge on any atom is 0.146 e. The van der Waals surface area contributed by atoms with Crippen molar-refractivity contribution in [2.45, 2.75) is 57.2 Å². The van der Waals surface area contributed by atoms with Crippen LogP contribution in [0.2, 0.25) is 0 Å². The highest BCUT2D eigenvalue weighted by Crippen LogP contribution is 2.41. The minimum Gasteiger partial charge on any atom is -0.307 e. The molecule has 0 bridgehead atoms. The Labute approximate surface area is 109 Å². The van der Waals surface area contributed by atoms with Crippen molar-refractivity contribution in [3.63, 3.8) is 0 Å². The predicted molar refractivity (Wildman–Crippen MR) is 74.5 cm³/mol. The van der Waals surface area contributed by atoms with Gasteiger partial charge in [0.25, 0.3) is 0 Å². The van der Waals surface area contributed by atoms with E-state index in [0.29, 0.717) is 5.78 Å². The Morgan fingerprint density at radius 1 is 1.41 bits per heavy atom. The van der Waals surface area contributed by atoms with Crippen LogP contribution in [0, 0.1) is 11.8 Å². The van der Waals surface area contributed by atoms with E-state index in [4.69, 9.17) is 0 Å². The molecule has 1 saturated carbocycles. The molecule has 1 saturated heterocycles. The van der Waals surface area contributed by atoms with Crippen LogP contribution in [-0.4, -0.2) is 29.4 Å². The summed E-state index contributed by atoms with van der Waals surface area (Å²) in [4.78, 5) is 11.5. The number of carbonyl (C=O) groups is 1. The van der Waals surface area contributed by atoms with E-state index in [9.17, 15) is 4.79 Å². The quantitative estimate of drug-likeness (QED) is 0.837. The predicted octanol–water partition coefficient (Wildman–Crippen LogP) is 2.87. The minimum absolute atomic E-state index is 0.138. The number of ketones is 1. The van der Waals surface area contributed by atoms with Gasteiger partial charge in [0.15, 0.2) is 0 Å². The molecule has 1 N–H and O–H groups in total. The summed E-state index contributed by atoms with van der Waals surface area (Å²) in [5.74, 6) is 3.23. The fourth-order valence-corrected chi connectivity index (χ4v) is 4.80. The molecule has 2 nitrogen and oxygen atoms in total. The summed E-state index contributed by atoms with van der Waals surface area (Å²) in [6.07, 6.45) is 6.48. The molecule has 17 heavy (non-hydrogen) atoms. The van der Waals surface area contributed by atoms with Crippen molar-refractivity contribution in [2.24, 2.45) is 11.8 Å². The van der Waals surface area contributed by atoms with Crippen LogP contribution in [0.15, 0.2) is 0 Å². The van der Waals surface area contributed by atoms with Gasteiger partial charge < -0.3 is 5.32 Å². The number of rotatable bonds is 4. The molecule has 0 amide bonds. The van der Waals surface area contributed by atoms with Crippen LogP contribution in [0.3, 0.4) is 0 Å². The minimum atomic E-state index is 0.138. The van der Waals surface area contributed by atoms with Crippen molar-refractivity contribution in [3.05, 3.63) is 0 Å². The molecule has 0 aromatic heterocycles. The first kappa shape index (κ1) is 13.4. The van der Waals surface area contributed by atoms with Crippen LogP contribution in [-0.2, 0) is 4.79 Å². The normalized spacial score (nSPS) is 37.5. The second kappa shape index (κ2) is 6.24. The van der Waals surface area contributed by atoms with Gasteiger partial charge in [-0.25, -0.2) is 0 Å². The Morgan fingerprint density at radius 3 is 2.94 bits per heavy atom. The topological polar surface area (TPSA) is 29.1 Å².